The Morgan fingerprint density at radius 1 is 1.27 bits per heavy atom. The van der Waals surface area contributed by atoms with Gasteiger partial charge in [-0.05, 0) is 13.8 Å². The first-order valence-electron chi connectivity index (χ1n) is 7.74. The molecule has 1 N–H and O–H groups in total. The zero-order chi connectivity index (χ0) is 15.6. The van der Waals surface area contributed by atoms with Crippen LogP contribution in [0.1, 0.15) is 37.2 Å². The van der Waals surface area contributed by atoms with Gasteiger partial charge >= 0.3 is 0 Å². The summed E-state index contributed by atoms with van der Waals surface area (Å²) in [5, 5.41) is 2.84. The summed E-state index contributed by atoms with van der Waals surface area (Å²) in [4.78, 5) is 22.5. The van der Waals surface area contributed by atoms with Gasteiger partial charge in [-0.15, -0.1) is 0 Å². The molecule has 22 heavy (non-hydrogen) atoms. The smallest absolute Gasteiger partial charge is 0.270 e. The number of nitrogens with one attached hydrogen (secondary N) is 1. The second-order valence-electron chi connectivity index (χ2n) is 5.98. The molecule has 1 aromatic rings. The highest BCUT2D eigenvalue weighted by molar-refractivity contribution is 5.93. The van der Waals surface area contributed by atoms with Crippen molar-refractivity contribution in [1.29, 1.82) is 0 Å². The molecule has 0 saturated carbocycles. The monoisotopic (exact) mass is 306 g/mol. The van der Waals surface area contributed by atoms with E-state index in [2.05, 4.69) is 20.2 Å². The summed E-state index contributed by atoms with van der Waals surface area (Å²) < 4.78 is 11.5. The first-order chi connectivity index (χ1) is 10.6. The fraction of sp³-hybridized carbons (Fsp3) is 0.667. The molecule has 2 saturated heterocycles. The summed E-state index contributed by atoms with van der Waals surface area (Å²) >= 11 is 0. The van der Waals surface area contributed by atoms with E-state index < -0.39 is 5.79 Å². The number of hydrogen-bond donors (Lipinski definition) is 1. The lowest BCUT2D eigenvalue weighted by atomic mass is 10.0. The normalized spacial score (nSPS) is 20.6. The number of amides is 1. The van der Waals surface area contributed by atoms with E-state index in [1.54, 1.807) is 6.07 Å². The van der Waals surface area contributed by atoms with Gasteiger partial charge in [0.25, 0.3) is 5.91 Å². The first-order valence-corrected chi connectivity index (χ1v) is 7.74. The predicted octanol–water partition coefficient (Wildman–Crippen LogP) is 0.958. The number of nitrogens with zero attached hydrogens (tertiary/aromatic N) is 3. The van der Waals surface area contributed by atoms with E-state index >= 15 is 0 Å². The molecule has 2 aliphatic heterocycles. The third kappa shape index (κ3) is 3.20. The Morgan fingerprint density at radius 3 is 2.59 bits per heavy atom. The van der Waals surface area contributed by atoms with Crippen molar-refractivity contribution in [2.45, 2.75) is 38.5 Å². The first kappa shape index (κ1) is 15.2. The molecule has 0 radical (unpaired) electrons. The third-order valence-electron chi connectivity index (χ3n) is 3.97. The average Bonchev–Trinajstić information content (AvgIpc) is 2.96. The number of anilines is 1. The van der Waals surface area contributed by atoms with Crippen LogP contribution in [0.2, 0.25) is 0 Å². The minimum atomic E-state index is -0.401. The molecule has 0 aliphatic carbocycles. The van der Waals surface area contributed by atoms with Gasteiger partial charge in [0.05, 0.1) is 13.2 Å². The van der Waals surface area contributed by atoms with Gasteiger partial charge in [0.1, 0.15) is 17.8 Å². The molecule has 7 nitrogen and oxygen atoms in total. The maximum atomic E-state index is 12.0. The van der Waals surface area contributed by atoms with Gasteiger partial charge in [0, 0.05) is 38.0 Å². The second kappa shape index (κ2) is 6.18. The Bertz CT molecular complexity index is 533. The van der Waals surface area contributed by atoms with Crippen molar-refractivity contribution in [3.8, 4) is 0 Å². The molecular weight excluding hydrogens is 284 g/mol. The lowest BCUT2D eigenvalue weighted by molar-refractivity contribution is -0.169. The number of piperidine rings is 1. The quantitative estimate of drug-likeness (QED) is 0.896. The zero-order valence-corrected chi connectivity index (χ0v) is 13.0. The van der Waals surface area contributed by atoms with E-state index in [4.69, 9.17) is 9.47 Å². The van der Waals surface area contributed by atoms with E-state index in [9.17, 15) is 4.79 Å². The summed E-state index contributed by atoms with van der Waals surface area (Å²) in [6.07, 6.45) is 3.06. The summed E-state index contributed by atoms with van der Waals surface area (Å²) in [5.41, 5.74) is 0.396. The molecule has 7 heteroatoms. The number of rotatable bonds is 3. The van der Waals surface area contributed by atoms with Crippen LogP contribution in [0.4, 0.5) is 5.82 Å². The van der Waals surface area contributed by atoms with Crippen LogP contribution in [0.3, 0.4) is 0 Å². The van der Waals surface area contributed by atoms with Crippen molar-refractivity contribution in [3.05, 3.63) is 18.1 Å². The van der Waals surface area contributed by atoms with Crippen LogP contribution in [0.5, 0.6) is 0 Å². The van der Waals surface area contributed by atoms with Crippen LogP contribution in [0.25, 0.3) is 0 Å². The van der Waals surface area contributed by atoms with E-state index in [0.29, 0.717) is 18.9 Å². The number of carbonyl (C=O) groups is 1. The summed E-state index contributed by atoms with van der Waals surface area (Å²) in [7, 11) is 0. The number of carbonyl (C=O) groups excluding carboxylic acids is 1. The van der Waals surface area contributed by atoms with Gasteiger partial charge in [-0.2, -0.15) is 0 Å². The van der Waals surface area contributed by atoms with Crippen molar-refractivity contribution >= 4 is 11.7 Å². The zero-order valence-electron chi connectivity index (χ0n) is 13.0. The molecular formula is C15H22N4O3. The molecule has 0 bridgehead atoms. The topological polar surface area (TPSA) is 76.6 Å². The summed E-state index contributed by atoms with van der Waals surface area (Å²) in [6, 6.07) is 1.82. The molecule has 0 unspecified atom stereocenters. The van der Waals surface area contributed by atoms with Gasteiger partial charge in [0.2, 0.25) is 0 Å². The average molecular weight is 306 g/mol. The van der Waals surface area contributed by atoms with Crippen molar-refractivity contribution in [2.75, 3.05) is 31.2 Å². The Balaban J connectivity index is 1.67. The molecule has 0 atom stereocenters. The molecule has 1 aromatic heterocycles. The van der Waals surface area contributed by atoms with E-state index in [1.807, 2.05) is 13.8 Å². The largest absolute Gasteiger partial charge is 0.356 e. The molecule has 2 fully saturated rings. The minimum absolute atomic E-state index is 0.0809. The van der Waals surface area contributed by atoms with E-state index in [0.717, 1.165) is 31.7 Å². The lowest BCUT2D eigenvalue weighted by Gasteiger charge is -2.38. The fourth-order valence-corrected chi connectivity index (χ4v) is 2.84. The van der Waals surface area contributed by atoms with Crippen LogP contribution in [0.15, 0.2) is 12.4 Å². The molecule has 120 valence electrons. The number of aromatic nitrogens is 2. The fourth-order valence-electron chi connectivity index (χ4n) is 2.84. The van der Waals surface area contributed by atoms with Gasteiger partial charge in [-0.3, -0.25) is 4.79 Å². The molecule has 0 aromatic carbocycles. The molecule has 2 aliphatic rings. The van der Waals surface area contributed by atoms with Gasteiger partial charge < -0.3 is 19.7 Å². The Morgan fingerprint density at radius 2 is 1.95 bits per heavy atom. The van der Waals surface area contributed by atoms with E-state index in [-0.39, 0.29) is 11.9 Å². The SMILES string of the molecule is CC(C)NC(=O)c1cc(N2CCC3(CC2)OCCO3)ncn1. The van der Waals surface area contributed by atoms with Crippen LogP contribution in [0, 0.1) is 0 Å². The Hall–Kier alpha value is -1.73. The number of hydrogen-bond acceptors (Lipinski definition) is 6. The van der Waals surface area contributed by atoms with Gasteiger partial charge in [-0.25, -0.2) is 9.97 Å². The maximum absolute atomic E-state index is 12.0. The van der Waals surface area contributed by atoms with Crippen LogP contribution < -0.4 is 10.2 Å². The Kier molecular flexibility index (Phi) is 4.26. The van der Waals surface area contributed by atoms with Crippen LogP contribution in [-0.2, 0) is 9.47 Å². The third-order valence-corrected chi connectivity index (χ3v) is 3.97. The standard InChI is InChI=1S/C15H22N4O3/c1-11(2)18-14(20)12-9-13(17-10-16-12)19-5-3-15(4-6-19)21-7-8-22-15/h9-11H,3-8H2,1-2H3,(H,18,20). The van der Waals surface area contributed by atoms with Gasteiger partial charge in [0.15, 0.2) is 5.79 Å². The second-order valence-corrected chi connectivity index (χ2v) is 5.98. The molecule has 1 amide bonds. The van der Waals surface area contributed by atoms with Crippen molar-refractivity contribution in [3.63, 3.8) is 0 Å². The Labute approximate surface area is 130 Å². The van der Waals surface area contributed by atoms with Crippen molar-refractivity contribution in [2.24, 2.45) is 0 Å². The molecule has 1 spiro atoms. The maximum Gasteiger partial charge on any atom is 0.270 e. The van der Waals surface area contributed by atoms with Crippen molar-refractivity contribution < 1.29 is 14.3 Å². The number of ether oxygens (including phenoxy) is 2. The van der Waals surface area contributed by atoms with Crippen LogP contribution >= 0.6 is 0 Å². The highest BCUT2D eigenvalue weighted by Crippen LogP contribution is 2.32. The highest BCUT2D eigenvalue weighted by atomic mass is 16.7. The highest BCUT2D eigenvalue weighted by Gasteiger charge is 2.40. The van der Waals surface area contributed by atoms with E-state index in [1.165, 1.54) is 6.33 Å². The van der Waals surface area contributed by atoms with Gasteiger partial charge in [-0.1, -0.05) is 0 Å². The predicted molar refractivity (Wildman–Crippen MR) is 80.7 cm³/mol. The van der Waals surface area contributed by atoms with Crippen molar-refractivity contribution in [1.82, 2.24) is 15.3 Å². The molecule has 3 rings (SSSR count). The minimum Gasteiger partial charge on any atom is -0.356 e. The van der Waals surface area contributed by atoms with Crippen LogP contribution in [-0.4, -0.2) is 54.0 Å². The lowest BCUT2D eigenvalue weighted by Crippen LogP contribution is -2.45. The molecule has 3 heterocycles. The summed E-state index contributed by atoms with van der Waals surface area (Å²) in [5.74, 6) is 0.202. The summed E-state index contributed by atoms with van der Waals surface area (Å²) in [6.45, 7) is 6.78.